The number of ether oxygens (including phenoxy) is 1. The molecule has 0 heterocycles. The summed E-state index contributed by atoms with van der Waals surface area (Å²) in [6, 6.07) is 0. The number of halogens is 3. The third-order valence-corrected chi connectivity index (χ3v) is 4.19. The Balaban J connectivity index is 1.95. The first-order valence-corrected chi connectivity index (χ1v) is 5.86. The second-order valence-electron chi connectivity index (χ2n) is 5.15. The predicted octanol–water partition coefficient (Wildman–Crippen LogP) is 2.06. The molecule has 2 aliphatic carbocycles. The molecule has 0 radical (unpaired) electrons. The quantitative estimate of drug-likeness (QED) is 0.627. The lowest BCUT2D eigenvalue weighted by molar-refractivity contribution is -0.279. The van der Waals surface area contributed by atoms with E-state index in [9.17, 15) is 23.1 Å². The average Bonchev–Trinajstić information content (AvgIpc) is 2.81. The summed E-state index contributed by atoms with van der Waals surface area (Å²) in [7, 11) is 0. The Morgan fingerprint density at radius 2 is 2.17 bits per heavy atom. The van der Waals surface area contributed by atoms with E-state index in [1.807, 2.05) is 0 Å². The number of aliphatic hydroxyl groups is 1. The molecule has 2 bridgehead atoms. The van der Waals surface area contributed by atoms with Crippen LogP contribution in [0.1, 0.15) is 19.3 Å². The number of esters is 1. The first kappa shape index (κ1) is 13.4. The molecule has 1 N–H and O–H groups in total. The summed E-state index contributed by atoms with van der Waals surface area (Å²) in [5.41, 5.74) is -2.55. The molecule has 2 saturated carbocycles. The van der Waals surface area contributed by atoms with E-state index in [4.69, 9.17) is 4.74 Å². The molecular weight excluding hydrogens is 249 g/mol. The lowest BCUT2D eigenvalue weighted by atomic mass is 9.78. The van der Waals surface area contributed by atoms with Crippen LogP contribution in [-0.2, 0) is 9.53 Å². The van der Waals surface area contributed by atoms with Gasteiger partial charge in [-0.15, -0.1) is 0 Å². The van der Waals surface area contributed by atoms with Crippen molar-refractivity contribution in [3.8, 4) is 0 Å². The average molecular weight is 264 g/mol. The molecule has 0 amide bonds. The van der Waals surface area contributed by atoms with Crippen LogP contribution in [0.15, 0.2) is 12.7 Å². The molecule has 0 saturated heterocycles. The number of hydrogen-bond acceptors (Lipinski definition) is 3. The standard InChI is InChI=1S/C12H15F3O3/c1-2-10(16)18-6-8-4-9-3-7(8)5-11(9,17)12(13,14)15/h2,7-9,17H,1,3-6H2. The van der Waals surface area contributed by atoms with E-state index in [0.29, 0.717) is 6.42 Å². The normalized spacial score (nSPS) is 38.8. The maximum Gasteiger partial charge on any atom is 0.417 e. The van der Waals surface area contributed by atoms with E-state index in [1.165, 1.54) is 0 Å². The number of hydrogen-bond donors (Lipinski definition) is 1. The van der Waals surface area contributed by atoms with Crippen LogP contribution in [0.25, 0.3) is 0 Å². The van der Waals surface area contributed by atoms with Crippen LogP contribution >= 0.6 is 0 Å². The van der Waals surface area contributed by atoms with Crippen molar-refractivity contribution in [3.05, 3.63) is 12.7 Å². The number of carbonyl (C=O) groups is 1. The van der Waals surface area contributed by atoms with Gasteiger partial charge in [-0.1, -0.05) is 6.58 Å². The summed E-state index contributed by atoms with van der Waals surface area (Å²) < 4.78 is 43.1. The minimum atomic E-state index is -4.57. The van der Waals surface area contributed by atoms with Gasteiger partial charge in [0.2, 0.25) is 0 Å². The highest BCUT2D eigenvalue weighted by Gasteiger charge is 2.66. The highest BCUT2D eigenvalue weighted by molar-refractivity contribution is 5.81. The minimum absolute atomic E-state index is 0.0819. The number of carbonyl (C=O) groups excluding carboxylic acids is 1. The molecule has 102 valence electrons. The fourth-order valence-electron chi connectivity index (χ4n) is 3.22. The molecule has 2 rings (SSSR count). The van der Waals surface area contributed by atoms with E-state index >= 15 is 0 Å². The topological polar surface area (TPSA) is 46.5 Å². The van der Waals surface area contributed by atoms with Crippen molar-refractivity contribution in [2.45, 2.75) is 31.0 Å². The van der Waals surface area contributed by atoms with Gasteiger partial charge in [-0.2, -0.15) is 13.2 Å². The maximum atomic E-state index is 12.7. The lowest BCUT2D eigenvalue weighted by Gasteiger charge is -2.36. The maximum absolute atomic E-state index is 12.7. The van der Waals surface area contributed by atoms with Gasteiger partial charge in [-0.3, -0.25) is 0 Å². The fourth-order valence-corrected chi connectivity index (χ4v) is 3.22. The summed E-state index contributed by atoms with van der Waals surface area (Å²) in [6.45, 7) is 3.36. The van der Waals surface area contributed by atoms with Gasteiger partial charge in [0.25, 0.3) is 0 Å². The van der Waals surface area contributed by atoms with Crippen LogP contribution in [0, 0.1) is 17.8 Å². The van der Waals surface area contributed by atoms with Crippen molar-refractivity contribution in [2.75, 3.05) is 6.61 Å². The predicted molar refractivity (Wildman–Crippen MR) is 56.5 cm³/mol. The first-order chi connectivity index (χ1) is 8.28. The van der Waals surface area contributed by atoms with Crippen molar-refractivity contribution in [1.29, 1.82) is 0 Å². The Morgan fingerprint density at radius 3 is 2.61 bits per heavy atom. The summed E-state index contributed by atoms with van der Waals surface area (Å²) in [6.07, 6.45) is -3.22. The summed E-state index contributed by atoms with van der Waals surface area (Å²) >= 11 is 0. The van der Waals surface area contributed by atoms with Gasteiger partial charge in [0.1, 0.15) is 0 Å². The van der Waals surface area contributed by atoms with Gasteiger partial charge in [0.15, 0.2) is 5.60 Å². The molecule has 2 aliphatic rings. The van der Waals surface area contributed by atoms with Crippen molar-refractivity contribution in [1.82, 2.24) is 0 Å². The zero-order valence-corrected chi connectivity index (χ0v) is 9.74. The lowest BCUT2D eigenvalue weighted by Crippen LogP contribution is -2.50. The van der Waals surface area contributed by atoms with Crippen LogP contribution in [0.5, 0.6) is 0 Å². The van der Waals surface area contributed by atoms with Crippen LogP contribution < -0.4 is 0 Å². The third kappa shape index (κ3) is 2.02. The Labute approximate surface area is 103 Å². The molecule has 0 aromatic heterocycles. The second kappa shape index (κ2) is 4.26. The van der Waals surface area contributed by atoms with E-state index < -0.39 is 23.7 Å². The molecule has 0 aromatic rings. The van der Waals surface area contributed by atoms with Gasteiger partial charge in [0, 0.05) is 6.08 Å². The van der Waals surface area contributed by atoms with Crippen molar-refractivity contribution in [2.24, 2.45) is 17.8 Å². The van der Waals surface area contributed by atoms with Crippen LogP contribution in [0.3, 0.4) is 0 Å². The Kier molecular flexibility index (Phi) is 3.17. The molecule has 0 aromatic carbocycles. The van der Waals surface area contributed by atoms with E-state index in [0.717, 1.165) is 6.08 Å². The Morgan fingerprint density at radius 1 is 1.50 bits per heavy atom. The smallest absolute Gasteiger partial charge is 0.417 e. The number of fused-ring (bicyclic) bond motifs is 2. The molecule has 4 unspecified atom stereocenters. The van der Waals surface area contributed by atoms with Crippen molar-refractivity contribution < 1.29 is 27.8 Å². The summed E-state index contributed by atoms with van der Waals surface area (Å²) in [5.74, 6) is -1.64. The largest absolute Gasteiger partial charge is 0.462 e. The molecule has 18 heavy (non-hydrogen) atoms. The fraction of sp³-hybridized carbons (Fsp3) is 0.750. The van der Waals surface area contributed by atoms with Crippen molar-refractivity contribution in [3.63, 3.8) is 0 Å². The molecule has 2 fully saturated rings. The van der Waals surface area contributed by atoms with E-state index in [2.05, 4.69) is 6.58 Å². The van der Waals surface area contributed by atoms with Gasteiger partial charge in [-0.25, -0.2) is 4.79 Å². The van der Waals surface area contributed by atoms with E-state index in [-0.39, 0.29) is 31.3 Å². The van der Waals surface area contributed by atoms with Crippen LogP contribution in [0.2, 0.25) is 0 Å². The highest BCUT2D eigenvalue weighted by atomic mass is 19.4. The van der Waals surface area contributed by atoms with E-state index in [1.54, 1.807) is 0 Å². The van der Waals surface area contributed by atoms with Gasteiger partial charge < -0.3 is 9.84 Å². The zero-order chi connectivity index (χ0) is 13.6. The van der Waals surface area contributed by atoms with Gasteiger partial charge >= 0.3 is 12.1 Å². The van der Waals surface area contributed by atoms with Gasteiger partial charge in [-0.05, 0) is 37.0 Å². The zero-order valence-electron chi connectivity index (χ0n) is 9.74. The third-order valence-electron chi connectivity index (χ3n) is 4.19. The van der Waals surface area contributed by atoms with Crippen LogP contribution in [-0.4, -0.2) is 29.5 Å². The van der Waals surface area contributed by atoms with Crippen molar-refractivity contribution >= 4 is 5.97 Å². The molecular formula is C12H15F3O3. The molecule has 6 heteroatoms. The molecule has 0 spiro atoms. The summed E-state index contributed by atoms with van der Waals surface area (Å²) in [4.78, 5) is 10.9. The highest BCUT2D eigenvalue weighted by Crippen LogP contribution is 2.58. The Hall–Kier alpha value is -1.04. The SMILES string of the molecule is C=CC(=O)OCC1CC2CC1CC2(O)C(F)(F)F. The number of rotatable bonds is 3. The number of alkyl halides is 3. The van der Waals surface area contributed by atoms with Crippen LogP contribution in [0.4, 0.5) is 13.2 Å². The molecule has 4 atom stereocenters. The minimum Gasteiger partial charge on any atom is -0.462 e. The Bertz CT molecular complexity index is 366. The molecule has 0 aliphatic heterocycles. The summed E-state index contributed by atoms with van der Waals surface area (Å²) in [5, 5.41) is 9.71. The van der Waals surface area contributed by atoms with Gasteiger partial charge in [0.05, 0.1) is 6.61 Å². The second-order valence-corrected chi connectivity index (χ2v) is 5.15. The monoisotopic (exact) mass is 264 g/mol. The molecule has 3 nitrogen and oxygen atoms in total. The first-order valence-electron chi connectivity index (χ1n) is 5.86.